The molecule has 1 aromatic heterocycles. The van der Waals surface area contributed by atoms with Crippen LogP contribution in [0.25, 0.3) is 11.4 Å². The molecule has 3 rings (SSSR count). The van der Waals surface area contributed by atoms with Crippen molar-refractivity contribution in [2.75, 3.05) is 6.61 Å². The molecule has 0 aliphatic heterocycles. The summed E-state index contributed by atoms with van der Waals surface area (Å²) in [6, 6.07) is 14.5. The van der Waals surface area contributed by atoms with Crippen LogP contribution in [0.4, 0.5) is 4.39 Å². The minimum Gasteiger partial charge on any atom is -0.493 e. The lowest BCUT2D eigenvalue weighted by molar-refractivity contribution is 0.271. The lowest BCUT2D eigenvalue weighted by Crippen LogP contribution is -2.04. The summed E-state index contributed by atoms with van der Waals surface area (Å²) in [5, 5.41) is 9.36. The Hall–Kier alpha value is -2.34. The lowest BCUT2D eigenvalue weighted by atomic mass is 10.2. The first-order valence-electron chi connectivity index (χ1n) is 8.53. The summed E-state index contributed by atoms with van der Waals surface area (Å²) >= 11 is 1.54. The Balaban J connectivity index is 1.68. The average Bonchev–Trinajstić information content (AvgIpc) is 2.99. The Bertz CT molecular complexity index is 862. The van der Waals surface area contributed by atoms with Crippen molar-refractivity contribution in [1.82, 2.24) is 14.8 Å². The second kappa shape index (κ2) is 8.36. The van der Waals surface area contributed by atoms with Crippen molar-refractivity contribution in [3.05, 3.63) is 59.9 Å². The average molecular weight is 371 g/mol. The first-order valence-corrected chi connectivity index (χ1v) is 9.51. The van der Waals surface area contributed by atoms with E-state index in [2.05, 4.69) is 24.0 Å². The van der Waals surface area contributed by atoms with Crippen LogP contribution >= 0.6 is 11.8 Å². The fourth-order valence-electron chi connectivity index (χ4n) is 2.43. The highest BCUT2D eigenvalue weighted by molar-refractivity contribution is 7.98. The molecule has 0 radical (unpaired) electrons. The summed E-state index contributed by atoms with van der Waals surface area (Å²) in [5.74, 6) is 2.56. The predicted molar refractivity (Wildman–Crippen MR) is 103 cm³/mol. The third-order valence-corrected chi connectivity index (χ3v) is 4.88. The maximum atomic E-state index is 13.3. The molecule has 0 aliphatic rings. The number of halogens is 1. The zero-order valence-corrected chi connectivity index (χ0v) is 16.0. The van der Waals surface area contributed by atoms with Gasteiger partial charge in [0, 0.05) is 18.4 Å². The molecule has 4 nitrogen and oxygen atoms in total. The van der Waals surface area contributed by atoms with Gasteiger partial charge < -0.3 is 9.30 Å². The highest BCUT2D eigenvalue weighted by Crippen LogP contribution is 2.26. The number of thioether (sulfide) groups is 1. The molecule has 3 aromatic rings. The summed E-state index contributed by atoms with van der Waals surface area (Å²) in [7, 11) is 1.94. The second-order valence-electron chi connectivity index (χ2n) is 6.51. The quantitative estimate of drug-likeness (QED) is 0.551. The number of aromatic nitrogens is 3. The normalized spacial score (nSPS) is 11.1. The van der Waals surface area contributed by atoms with Crippen molar-refractivity contribution >= 4 is 11.8 Å². The van der Waals surface area contributed by atoms with Crippen molar-refractivity contribution < 1.29 is 9.13 Å². The van der Waals surface area contributed by atoms with Crippen LogP contribution in [0.15, 0.2) is 53.7 Å². The smallest absolute Gasteiger partial charge is 0.191 e. The molecule has 0 saturated heterocycles. The molecule has 0 bridgehead atoms. The number of nitrogens with zero attached hydrogens (tertiary/aromatic N) is 3. The van der Waals surface area contributed by atoms with Gasteiger partial charge in [-0.1, -0.05) is 37.7 Å². The molecule has 0 spiro atoms. The van der Waals surface area contributed by atoms with E-state index >= 15 is 0 Å². The van der Waals surface area contributed by atoms with Crippen LogP contribution in [-0.2, 0) is 12.8 Å². The van der Waals surface area contributed by atoms with Crippen molar-refractivity contribution in [3.8, 4) is 17.1 Å². The third-order valence-electron chi connectivity index (χ3n) is 3.79. The molecule has 0 saturated carbocycles. The first-order chi connectivity index (χ1) is 12.5. The van der Waals surface area contributed by atoms with Gasteiger partial charge in [0.25, 0.3) is 0 Å². The fourth-order valence-corrected chi connectivity index (χ4v) is 3.28. The van der Waals surface area contributed by atoms with E-state index in [1.165, 1.54) is 17.8 Å². The molecule has 0 aliphatic carbocycles. The summed E-state index contributed by atoms with van der Waals surface area (Å²) in [6.07, 6.45) is 0. The topological polar surface area (TPSA) is 39.9 Å². The van der Waals surface area contributed by atoms with Crippen molar-refractivity contribution in [3.63, 3.8) is 0 Å². The van der Waals surface area contributed by atoms with E-state index in [0.717, 1.165) is 27.9 Å². The standard InChI is InChI=1S/C20H22FN3OS/c1-14(2)12-25-18-9-7-16(8-10-18)19-22-23-20(24(19)3)26-13-15-5-4-6-17(21)11-15/h4-11,14H,12-13H2,1-3H3. The molecular formula is C20H22FN3OS. The van der Waals surface area contributed by atoms with Gasteiger partial charge in [-0.15, -0.1) is 10.2 Å². The van der Waals surface area contributed by atoms with Crippen LogP contribution in [0.5, 0.6) is 5.75 Å². The van der Waals surface area contributed by atoms with E-state index in [1.54, 1.807) is 12.1 Å². The van der Waals surface area contributed by atoms with Crippen LogP contribution in [-0.4, -0.2) is 21.4 Å². The SMILES string of the molecule is CC(C)COc1ccc(-c2nnc(SCc3cccc(F)c3)n2C)cc1. The van der Waals surface area contributed by atoms with E-state index < -0.39 is 0 Å². The van der Waals surface area contributed by atoms with Gasteiger partial charge in [0.05, 0.1) is 6.61 Å². The molecule has 0 N–H and O–H groups in total. The maximum Gasteiger partial charge on any atom is 0.191 e. The Kier molecular flexibility index (Phi) is 5.93. The minimum absolute atomic E-state index is 0.221. The fraction of sp³-hybridized carbons (Fsp3) is 0.300. The van der Waals surface area contributed by atoms with Gasteiger partial charge in [0.1, 0.15) is 11.6 Å². The molecule has 0 amide bonds. The largest absolute Gasteiger partial charge is 0.493 e. The van der Waals surface area contributed by atoms with Crippen LogP contribution < -0.4 is 4.74 Å². The van der Waals surface area contributed by atoms with Gasteiger partial charge in [-0.25, -0.2) is 4.39 Å². The monoisotopic (exact) mass is 371 g/mol. The summed E-state index contributed by atoms with van der Waals surface area (Å²) in [4.78, 5) is 0. The highest BCUT2D eigenvalue weighted by Gasteiger charge is 2.12. The number of ether oxygens (including phenoxy) is 1. The van der Waals surface area contributed by atoms with E-state index in [0.29, 0.717) is 18.3 Å². The number of rotatable bonds is 7. The Labute approximate surface area is 157 Å². The van der Waals surface area contributed by atoms with Gasteiger partial charge in [-0.3, -0.25) is 0 Å². The zero-order chi connectivity index (χ0) is 18.5. The molecule has 0 fully saturated rings. The highest BCUT2D eigenvalue weighted by atomic mass is 32.2. The number of hydrogen-bond donors (Lipinski definition) is 0. The van der Waals surface area contributed by atoms with Crippen molar-refractivity contribution in [1.29, 1.82) is 0 Å². The predicted octanol–water partition coefficient (Wildman–Crippen LogP) is 4.95. The number of benzene rings is 2. The van der Waals surface area contributed by atoms with Crippen molar-refractivity contribution in [2.24, 2.45) is 13.0 Å². The molecule has 2 aromatic carbocycles. The molecule has 0 unspecified atom stereocenters. The zero-order valence-electron chi connectivity index (χ0n) is 15.1. The van der Waals surface area contributed by atoms with Crippen molar-refractivity contribution in [2.45, 2.75) is 24.8 Å². The van der Waals surface area contributed by atoms with Gasteiger partial charge >= 0.3 is 0 Å². The maximum absolute atomic E-state index is 13.3. The molecular weight excluding hydrogens is 349 g/mol. The van der Waals surface area contributed by atoms with E-state index in [-0.39, 0.29) is 5.82 Å². The van der Waals surface area contributed by atoms with Crippen LogP contribution in [0, 0.1) is 11.7 Å². The second-order valence-corrected chi connectivity index (χ2v) is 7.46. The Morgan fingerprint density at radius 2 is 1.88 bits per heavy atom. The summed E-state index contributed by atoms with van der Waals surface area (Å²) < 4.78 is 20.9. The van der Waals surface area contributed by atoms with E-state index in [9.17, 15) is 4.39 Å². The molecule has 0 atom stereocenters. The van der Waals surface area contributed by atoms with Gasteiger partial charge in [-0.05, 0) is 47.9 Å². The molecule has 1 heterocycles. The molecule has 6 heteroatoms. The number of hydrogen-bond acceptors (Lipinski definition) is 4. The van der Waals surface area contributed by atoms with E-state index in [1.807, 2.05) is 41.9 Å². The Morgan fingerprint density at radius 3 is 2.58 bits per heavy atom. The summed E-state index contributed by atoms with van der Waals surface area (Å²) in [5.41, 5.74) is 1.90. The molecule has 26 heavy (non-hydrogen) atoms. The Morgan fingerprint density at radius 1 is 1.12 bits per heavy atom. The van der Waals surface area contributed by atoms with Gasteiger partial charge in [0.2, 0.25) is 0 Å². The van der Waals surface area contributed by atoms with E-state index in [4.69, 9.17) is 4.74 Å². The molecule has 136 valence electrons. The van der Waals surface area contributed by atoms with Gasteiger partial charge in [-0.2, -0.15) is 0 Å². The van der Waals surface area contributed by atoms with Crippen LogP contribution in [0.2, 0.25) is 0 Å². The van der Waals surface area contributed by atoms with Crippen LogP contribution in [0.3, 0.4) is 0 Å². The summed E-state index contributed by atoms with van der Waals surface area (Å²) in [6.45, 7) is 4.94. The lowest BCUT2D eigenvalue weighted by Gasteiger charge is -2.09. The minimum atomic E-state index is -0.221. The van der Waals surface area contributed by atoms with Gasteiger partial charge in [0.15, 0.2) is 11.0 Å². The third kappa shape index (κ3) is 4.64. The van der Waals surface area contributed by atoms with Crippen LogP contribution in [0.1, 0.15) is 19.4 Å². The first kappa shape index (κ1) is 18.5.